The Bertz CT molecular complexity index is 421. The van der Waals surface area contributed by atoms with Gasteiger partial charge in [0.15, 0.2) is 0 Å². The van der Waals surface area contributed by atoms with Gasteiger partial charge in [-0.2, -0.15) is 0 Å². The van der Waals surface area contributed by atoms with Crippen LogP contribution >= 0.6 is 15.9 Å². The van der Waals surface area contributed by atoms with Crippen molar-refractivity contribution in [2.24, 2.45) is 10.9 Å². The number of benzene rings is 1. The van der Waals surface area contributed by atoms with E-state index < -0.39 is 0 Å². The first-order chi connectivity index (χ1) is 9.52. The van der Waals surface area contributed by atoms with Gasteiger partial charge in [-0.3, -0.25) is 4.90 Å². The molecular weight excluding hydrogens is 322 g/mol. The molecule has 1 aromatic rings. The Balaban J connectivity index is 2.37. The van der Waals surface area contributed by atoms with Crippen molar-refractivity contribution in [1.29, 1.82) is 0 Å². The Kier molecular flexibility index (Phi) is 7.40. The Hall–Kier alpha value is -1.27. The van der Waals surface area contributed by atoms with Gasteiger partial charge in [0.25, 0.3) is 0 Å². The number of halogens is 1. The standard InChI is InChI=1S/C14H22BrN3O2/c1-11(2)18(8-7-14(16)17-19)9-10-20-13-5-3-12(15)4-6-13/h3-6,11,19H,7-10H2,1-2H3,(H2,16,17). The molecule has 0 aliphatic carbocycles. The minimum atomic E-state index is 0.254. The van der Waals surface area contributed by atoms with Crippen LogP contribution in [-0.4, -0.2) is 41.7 Å². The second-order valence-corrected chi connectivity index (χ2v) is 5.69. The number of nitrogens with two attached hydrogens (primary N) is 1. The average Bonchev–Trinajstić information content (AvgIpc) is 2.43. The monoisotopic (exact) mass is 343 g/mol. The lowest BCUT2D eigenvalue weighted by atomic mass is 10.2. The Morgan fingerprint density at radius 3 is 2.55 bits per heavy atom. The molecular formula is C14H22BrN3O2. The Labute approximate surface area is 128 Å². The number of nitrogens with zero attached hydrogens (tertiary/aromatic N) is 2. The van der Waals surface area contributed by atoms with Crippen molar-refractivity contribution in [3.8, 4) is 5.75 Å². The zero-order valence-corrected chi connectivity index (χ0v) is 13.5. The van der Waals surface area contributed by atoms with E-state index in [1.807, 2.05) is 24.3 Å². The molecule has 0 amide bonds. The second-order valence-electron chi connectivity index (χ2n) is 4.77. The fraction of sp³-hybridized carbons (Fsp3) is 0.500. The maximum absolute atomic E-state index is 8.55. The van der Waals surface area contributed by atoms with Gasteiger partial charge in [-0.15, -0.1) is 0 Å². The van der Waals surface area contributed by atoms with E-state index in [-0.39, 0.29) is 5.84 Å². The molecule has 0 aromatic heterocycles. The van der Waals surface area contributed by atoms with Crippen LogP contribution in [0.5, 0.6) is 5.75 Å². The third-order valence-corrected chi connectivity index (χ3v) is 3.50. The van der Waals surface area contributed by atoms with Gasteiger partial charge in [-0.1, -0.05) is 21.1 Å². The normalized spacial score (nSPS) is 12.2. The predicted octanol–water partition coefficient (Wildman–Crippen LogP) is 2.67. The largest absolute Gasteiger partial charge is 0.492 e. The van der Waals surface area contributed by atoms with Crippen LogP contribution in [0.15, 0.2) is 33.9 Å². The summed E-state index contributed by atoms with van der Waals surface area (Å²) in [6.45, 7) is 6.39. The molecule has 112 valence electrons. The van der Waals surface area contributed by atoms with Crippen LogP contribution in [0.3, 0.4) is 0 Å². The van der Waals surface area contributed by atoms with Gasteiger partial charge < -0.3 is 15.7 Å². The Morgan fingerprint density at radius 1 is 1.35 bits per heavy atom. The molecule has 5 nitrogen and oxygen atoms in total. The first-order valence-electron chi connectivity index (χ1n) is 6.61. The number of oxime groups is 1. The zero-order chi connectivity index (χ0) is 15.0. The molecule has 0 saturated heterocycles. The van der Waals surface area contributed by atoms with E-state index >= 15 is 0 Å². The summed E-state index contributed by atoms with van der Waals surface area (Å²) in [5, 5.41) is 11.5. The first-order valence-corrected chi connectivity index (χ1v) is 7.41. The number of rotatable bonds is 8. The lowest BCUT2D eigenvalue weighted by Gasteiger charge is -2.26. The van der Waals surface area contributed by atoms with Crippen molar-refractivity contribution < 1.29 is 9.94 Å². The maximum Gasteiger partial charge on any atom is 0.140 e. The van der Waals surface area contributed by atoms with Crippen molar-refractivity contribution in [2.45, 2.75) is 26.3 Å². The third-order valence-electron chi connectivity index (χ3n) is 2.97. The molecule has 0 aliphatic heterocycles. The van der Waals surface area contributed by atoms with E-state index in [0.29, 0.717) is 19.1 Å². The number of hydrogen-bond acceptors (Lipinski definition) is 4. The van der Waals surface area contributed by atoms with Gasteiger partial charge in [-0.25, -0.2) is 0 Å². The van der Waals surface area contributed by atoms with Gasteiger partial charge in [0.2, 0.25) is 0 Å². The molecule has 3 N–H and O–H groups in total. The number of ether oxygens (including phenoxy) is 1. The van der Waals surface area contributed by atoms with Crippen LogP contribution in [-0.2, 0) is 0 Å². The quantitative estimate of drug-likeness (QED) is 0.329. The lowest BCUT2D eigenvalue weighted by molar-refractivity contribution is 0.179. The predicted molar refractivity (Wildman–Crippen MR) is 84.4 cm³/mol. The van der Waals surface area contributed by atoms with Crippen molar-refractivity contribution in [3.05, 3.63) is 28.7 Å². The van der Waals surface area contributed by atoms with Crippen LogP contribution in [0.25, 0.3) is 0 Å². The van der Waals surface area contributed by atoms with Crippen LogP contribution < -0.4 is 10.5 Å². The summed E-state index contributed by atoms with van der Waals surface area (Å²) in [6.07, 6.45) is 0.549. The highest BCUT2D eigenvalue weighted by atomic mass is 79.9. The zero-order valence-electron chi connectivity index (χ0n) is 11.9. The fourth-order valence-electron chi connectivity index (χ4n) is 1.75. The number of amidine groups is 1. The molecule has 0 spiro atoms. The number of hydrogen-bond donors (Lipinski definition) is 2. The van der Waals surface area contributed by atoms with Crippen molar-refractivity contribution in [3.63, 3.8) is 0 Å². The van der Waals surface area contributed by atoms with Crippen molar-refractivity contribution >= 4 is 21.8 Å². The third kappa shape index (κ3) is 6.25. The SMILES string of the molecule is CC(C)N(CCOc1ccc(Br)cc1)CCC(N)=NO. The highest BCUT2D eigenvalue weighted by molar-refractivity contribution is 9.10. The molecule has 20 heavy (non-hydrogen) atoms. The Morgan fingerprint density at radius 2 is 2.00 bits per heavy atom. The van der Waals surface area contributed by atoms with E-state index in [2.05, 4.69) is 39.8 Å². The summed E-state index contributed by atoms with van der Waals surface area (Å²) in [6, 6.07) is 8.15. The van der Waals surface area contributed by atoms with E-state index in [1.165, 1.54) is 0 Å². The fourth-order valence-corrected chi connectivity index (χ4v) is 2.01. The minimum absolute atomic E-state index is 0.254. The van der Waals surface area contributed by atoms with Crippen molar-refractivity contribution in [2.75, 3.05) is 19.7 Å². The summed E-state index contributed by atoms with van der Waals surface area (Å²) in [4.78, 5) is 2.23. The van der Waals surface area contributed by atoms with E-state index in [0.717, 1.165) is 23.3 Å². The molecule has 0 unspecified atom stereocenters. The summed E-state index contributed by atoms with van der Waals surface area (Å²) in [5.41, 5.74) is 5.49. The second kappa shape index (κ2) is 8.81. The topological polar surface area (TPSA) is 71.1 Å². The molecule has 0 heterocycles. The van der Waals surface area contributed by atoms with Crippen LogP contribution in [0.1, 0.15) is 20.3 Å². The maximum atomic E-state index is 8.55. The summed E-state index contributed by atoms with van der Waals surface area (Å²) >= 11 is 3.39. The van der Waals surface area contributed by atoms with Gasteiger partial charge >= 0.3 is 0 Å². The molecule has 0 aliphatic rings. The van der Waals surface area contributed by atoms with Gasteiger partial charge in [0, 0.05) is 30.0 Å². The van der Waals surface area contributed by atoms with Gasteiger partial charge in [0.05, 0.1) is 0 Å². The smallest absolute Gasteiger partial charge is 0.140 e. The molecule has 0 radical (unpaired) electrons. The molecule has 1 rings (SSSR count). The van der Waals surface area contributed by atoms with Gasteiger partial charge in [-0.05, 0) is 38.1 Å². The van der Waals surface area contributed by atoms with E-state index in [4.69, 9.17) is 15.7 Å². The molecule has 1 aromatic carbocycles. The molecule has 0 fully saturated rings. The average molecular weight is 344 g/mol. The molecule has 0 atom stereocenters. The highest BCUT2D eigenvalue weighted by Gasteiger charge is 2.10. The minimum Gasteiger partial charge on any atom is -0.492 e. The van der Waals surface area contributed by atoms with Crippen molar-refractivity contribution in [1.82, 2.24) is 4.90 Å². The molecule has 0 bridgehead atoms. The van der Waals surface area contributed by atoms with Crippen LogP contribution in [0.2, 0.25) is 0 Å². The molecule has 0 saturated carbocycles. The first kappa shape index (κ1) is 16.8. The summed E-state index contributed by atoms with van der Waals surface area (Å²) in [5.74, 6) is 1.11. The van der Waals surface area contributed by atoms with Crippen LogP contribution in [0.4, 0.5) is 0 Å². The lowest BCUT2D eigenvalue weighted by Crippen LogP contribution is -2.37. The van der Waals surface area contributed by atoms with Gasteiger partial charge in [0.1, 0.15) is 18.2 Å². The highest BCUT2D eigenvalue weighted by Crippen LogP contribution is 2.16. The summed E-state index contributed by atoms with van der Waals surface area (Å²) in [7, 11) is 0. The van der Waals surface area contributed by atoms with E-state index in [9.17, 15) is 0 Å². The van der Waals surface area contributed by atoms with E-state index in [1.54, 1.807) is 0 Å². The van der Waals surface area contributed by atoms with Crippen LogP contribution in [0, 0.1) is 0 Å². The summed E-state index contributed by atoms with van der Waals surface area (Å²) < 4.78 is 6.74. The molecule has 6 heteroatoms.